The van der Waals surface area contributed by atoms with Gasteiger partial charge in [-0.25, -0.2) is 9.48 Å². The van der Waals surface area contributed by atoms with Gasteiger partial charge in [-0.3, -0.25) is 4.57 Å². The zero-order chi connectivity index (χ0) is 11.1. The molecular formula is C10H17N3O2. The lowest BCUT2D eigenvalue weighted by Gasteiger charge is -2.18. The van der Waals surface area contributed by atoms with Crippen LogP contribution in [0.3, 0.4) is 0 Å². The van der Waals surface area contributed by atoms with Gasteiger partial charge in [0.25, 0.3) is 0 Å². The molecule has 2 rings (SSSR count). The molecule has 1 aliphatic rings. The van der Waals surface area contributed by atoms with Gasteiger partial charge in [0.15, 0.2) is 0 Å². The third-order valence-corrected chi connectivity index (χ3v) is 2.82. The lowest BCUT2D eigenvalue weighted by atomic mass is 10.1. The van der Waals surface area contributed by atoms with Gasteiger partial charge in [0, 0.05) is 7.05 Å². The minimum atomic E-state index is -0.0803. The average molecular weight is 211 g/mol. The van der Waals surface area contributed by atoms with Gasteiger partial charge >= 0.3 is 5.69 Å². The molecule has 5 heteroatoms. The molecule has 0 N–H and O–H groups in total. The lowest BCUT2D eigenvalue weighted by Crippen LogP contribution is -2.29. The van der Waals surface area contributed by atoms with Crippen molar-refractivity contribution >= 4 is 0 Å². The second-order valence-electron chi connectivity index (χ2n) is 4.74. The molecule has 1 aromatic rings. The molecular weight excluding hydrogens is 194 g/mol. The Morgan fingerprint density at radius 2 is 2.40 bits per heavy atom. The van der Waals surface area contributed by atoms with Crippen molar-refractivity contribution in [3.05, 3.63) is 16.8 Å². The summed E-state index contributed by atoms with van der Waals surface area (Å²) in [6.07, 6.45) is 3.69. The molecule has 1 saturated heterocycles. The third-order valence-electron chi connectivity index (χ3n) is 2.82. The topological polar surface area (TPSA) is 49.0 Å². The van der Waals surface area contributed by atoms with Gasteiger partial charge < -0.3 is 4.74 Å². The zero-order valence-corrected chi connectivity index (χ0v) is 9.43. The van der Waals surface area contributed by atoms with Crippen LogP contribution in [0.4, 0.5) is 0 Å². The highest BCUT2D eigenvalue weighted by Gasteiger charge is 2.32. The number of aromatic nitrogens is 3. The fourth-order valence-electron chi connectivity index (χ4n) is 1.94. The molecule has 1 aliphatic heterocycles. The van der Waals surface area contributed by atoms with Crippen LogP contribution in [0.15, 0.2) is 11.1 Å². The Bertz CT molecular complexity index is 405. The fourth-order valence-corrected chi connectivity index (χ4v) is 1.94. The molecule has 0 bridgehead atoms. The maximum absolute atomic E-state index is 11.5. The molecule has 0 amide bonds. The van der Waals surface area contributed by atoms with Gasteiger partial charge in [-0.1, -0.05) is 0 Å². The summed E-state index contributed by atoms with van der Waals surface area (Å²) >= 11 is 0. The van der Waals surface area contributed by atoms with Crippen LogP contribution in [0.25, 0.3) is 0 Å². The first-order chi connectivity index (χ1) is 6.98. The average Bonchev–Trinajstić information content (AvgIpc) is 2.63. The summed E-state index contributed by atoms with van der Waals surface area (Å²) in [7, 11) is 1.70. The monoisotopic (exact) mass is 211 g/mol. The van der Waals surface area contributed by atoms with Gasteiger partial charge in [0.05, 0.1) is 18.2 Å². The summed E-state index contributed by atoms with van der Waals surface area (Å²) < 4.78 is 8.74. The molecule has 5 nitrogen and oxygen atoms in total. The van der Waals surface area contributed by atoms with Crippen LogP contribution in [0.5, 0.6) is 0 Å². The molecule has 0 spiro atoms. The van der Waals surface area contributed by atoms with Crippen molar-refractivity contribution in [2.75, 3.05) is 0 Å². The number of aryl methyl sites for hydroxylation is 1. The first-order valence-electron chi connectivity index (χ1n) is 5.24. The summed E-state index contributed by atoms with van der Waals surface area (Å²) in [5.74, 6) is 0. The quantitative estimate of drug-likeness (QED) is 0.717. The molecule has 1 aromatic heterocycles. The van der Waals surface area contributed by atoms with E-state index in [-0.39, 0.29) is 17.4 Å². The summed E-state index contributed by atoms with van der Waals surface area (Å²) in [5.41, 5.74) is -0.133. The summed E-state index contributed by atoms with van der Waals surface area (Å²) in [5, 5.41) is 4.01. The number of rotatable bonds is 2. The molecule has 1 fully saturated rings. The van der Waals surface area contributed by atoms with Crippen LogP contribution in [0, 0.1) is 0 Å². The molecule has 1 unspecified atom stereocenters. The van der Waals surface area contributed by atoms with E-state index in [4.69, 9.17) is 4.74 Å². The number of hydrogen-bond donors (Lipinski definition) is 0. The van der Waals surface area contributed by atoms with Gasteiger partial charge in [0.2, 0.25) is 0 Å². The van der Waals surface area contributed by atoms with E-state index in [1.807, 2.05) is 0 Å². The highest BCUT2D eigenvalue weighted by atomic mass is 16.5. The standard InChI is InChI=1S/C10H17N3O2/c1-10(2)5-4-8(15-10)6-13-9(14)12(3)7-11-13/h7-8H,4-6H2,1-3H3. The van der Waals surface area contributed by atoms with Crippen LogP contribution in [0.2, 0.25) is 0 Å². The van der Waals surface area contributed by atoms with E-state index in [9.17, 15) is 4.79 Å². The molecule has 2 heterocycles. The Hall–Kier alpha value is -1.10. The molecule has 0 aliphatic carbocycles. The predicted octanol–water partition coefficient (Wildman–Crippen LogP) is 0.539. The highest BCUT2D eigenvalue weighted by Crippen LogP contribution is 2.29. The van der Waals surface area contributed by atoms with Crippen LogP contribution in [-0.4, -0.2) is 26.1 Å². The lowest BCUT2D eigenvalue weighted by molar-refractivity contribution is -0.0234. The van der Waals surface area contributed by atoms with Gasteiger partial charge in [-0.15, -0.1) is 0 Å². The zero-order valence-electron chi connectivity index (χ0n) is 9.43. The molecule has 0 aromatic carbocycles. The smallest absolute Gasteiger partial charge is 0.345 e. The van der Waals surface area contributed by atoms with Crippen molar-refractivity contribution < 1.29 is 4.74 Å². The molecule has 84 valence electrons. The molecule has 0 radical (unpaired) electrons. The van der Waals surface area contributed by atoms with Crippen LogP contribution < -0.4 is 5.69 Å². The Kier molecular flexibility index (Phi) is 2.42. The van der Waals surface area contributed by atoms with Crippen molar-refractivity contribution in [2.45, 2.75) is 44.9 Å². The summed E-state index contributed by atoms with van der Waals surface area (Å²) in [6.45, 7) is 4.71. The van der Waals surface area contributed by atoms with Crippen LogP contribution in [-0.2, 0) is 18.3 Å². The predicted molar refractivity (Wildman–Crippen MR) is 55.7 cm³/mol. The van der Waals surface area contributed by atoms with E-state index in [0.717, 1.165) is 12.8 Å². The van der Waals surface area contributed by atoms with Gasteiger partial charge in [-0.2, -0.15) is 5.10 Å². The van der Waals surface area contributed by atoms with E-state index in [2.05, 4.69) is 18.9 Å². The Morgan fingerprint density at radius 1 is 1.67 bits per heavy atom. The van der Waals surface area contributed by atoms with E-state index in [1.165, 1.54) is 15.6 Å². The van der Waals surface area contributed by atoms with E-state index >= 15 is 0 Å². The minimum absolute atomic E-state index is 0.0525. The molecule has 15 heavy (non-hydrogen) atoms. The number of nitrogens with zero attached hydrogens (tertiary/aromatic N) is 3. The third kappa shape index (κ3) is 2.12. The van der Waals surface area contributed by atoms with Crippen molar-refractivity contribution in [3.8, 4) is 0 Å². The Labute approximate surface area is 88.7 Å². The van der Waals surface area contributed by atoms with E-state index in [0.29, 0.717) is 6.54 Å². The van der Waals surface area contributed by atoms with Crippen molar-refractivity contribution in [2.24, 2.45) is 7.05 Å². The Balaban J connectivity index is 2.05. The van der Waals surface area contributed by atoms with Crippen molar-refractivity contribution in [1.82, 2.24) is 14.3 Å². The van der Waals surface area contributed by atoms with Crippen LogP contribution in [0.1, 0.15) is 26.7 Å². The van der Waals surface area contributed by atoms with Crippen LogP contribution >= 0.6 is 0 Å². The van der Waals surface area contributed by atoms with Crippen molar-refractivity contribution in [3.63, 3.8) is 0 Å². The SMILES string of the molecule is Cn1cnn(CC2CCC(C)(C)O2)c1=O. The first-order valence-corrected chi connectivity index (χ1v) is 5.24. The normalized spacial score (nSPS) is 24.6. The Morgan fingerprint density at radius 3 is 2.87 bits per heavy atom. The number of ether oxygens (including phenoxy) is 1. The second kappa shape index (κ2) is 3.48. The number of hydrogen-bond acceptors (Lipinski definition) is 3. The van der Waals surface area contributed by atoms with E-state index in [1.54, 1.807) is 7.05 Å². The molecule has 0 saturated carbocycles. The summed E-state index contributed by atoms with van der Waals surface area (Å²) in [6, 6.07) is 0. The van der Waals surface area contributed by atoms with Gasteiger partial charge in [-0.05, 0) is 26.7 Å². The largest absolute Gasteiger partial charge is 0.370 e. The first kappa shape index (κ1) is 10.4. The fraction of sp³-hybridized carbons (Fsp3) is 0.800. The van der Waals surface area contributed by atoms with E-state index < -0.39 is 0 Å². The maximum Gasteiger partial charge on any atom is 0.345 e. The van der Waals surface area contributed by atoms with Gasteiger partial charge in [0.1, 0.15) is 6.33 Å². The van der Waals surface area contributed by atoms with Crippen molar-refractivity contribution in [1.29, 1.82) is 0 Å². The maximum atomic E-state index is 11.5. The highest BCUT2D eigenvalue weighted by molar-refractivity contribution is 4.81. The second-order valence-corrected chi connectivity index (χ2v) is 4.74. The summed E-state index contributed by atoms with van der Waals surface area (Å²) in [4.78, 5) is 11.5. The molecule has 1 atom stereocenters. The minimum Gasteiger partial charge on any atom is -0.370 e.